The van der Waals surface area contributed by atoms with Gasteiger partial charge in [-0.2, -0.15) is 11.8 Å². The minimum Gasteiger partial charge on any atom is -0.501 e. The molecule has 1 saturated heterocycles. The molecule has 1 aliphatic heterocycles. The zero-order chi connectivity index (χ0) is 12.1. The van der Waals surface area contributed by atoms with E-state index in [9.17, 15) is 0 Å². The average Bonchev–Trinajstić information content (AvgIpc) is 2.33. The second-order valence-corrected chi connectivity index (χ2v) is 6.08. The molecule has 2 heteroatoms. The van der Waals surface area contributed by atoms with Crippen LogP contribution in [-0.2, 0) is 4.74 Å². The summed E-state index contributed by atoms with van der Waals surface area (Å²) in [6.07, 6.45) is 3.06. The fourth-order valence-electron chi connectivity index (χ4n) is 1.85. The zero-order valence-corrected chi connectivity index (χ0v) is 11.4. The van der Waals surface area contributed by atoms with Gasteiger partial charge in [0.1, 0.15) is 0 Å². The molecule has 0 atom stereocenters. The van der Waals surface area contributed by atoms with Crippen molar-refractivity contribution >= 4 is 17.3 Å². The van der Waals surface area contributed by atoms with Gasteiger partial charge in [-0.1, -0.05) is 37.3 Å². The second-order valence-electron chi connectivity index (χ2n) is 5.09. The Balaban J connectivity index is 1.77. The summed E-state index contributed by atoms with van der Waals surface area (Å²) in [6, 6.07) is 10.4. The number of ether oxygens (including phenoxy) is 1. The van der Waals surface area contributed by atoms with Crippen molar-refractivity contribution in [1.82, 2.24) is 0 Å². The lowest BCUT2D eigenvalue weighted by molar-refractivity contribution is 0.197. The Bertz CT molecular complexity index is 379. The summed E-state index contributed by atoms with van der Waals surface area (Å²) in [6.45, 7) is 5.28. The summed E-state index contributed by atoms with van der Waals surface area (Å²) < 4.78 is 5.65. The van der Waals surface area contributed by atoms with Crippen molar-refractivity contribution < 1.29 is 4.74 Å². The molecular weight excluding hydrogens is 228 g/mol. The maximum Gasteiger partial charge on any atom is 0.0879 e. The molecule has 0 bridgehead atoms. The summed E-state index contributed by atoms with van der Waals surface area (Å²) >= 11 is 2.03. The van der Waals surface area contributed by atoms with Gasteiger partial charge in [-0.3, -0.25) is 0 Å². The van der Waals surface area contributed by atoms with Crippen molar-refractivity contribution in [2.75, 3.05) is 18.1 Å². The van der Waals surface area contributed by atoms with Crippen LogP contribution in [-0.4, -0.2) is 18.1 Å². The summed E-state index contributed by atoms with van der Waals surface area (Å²) in [4.78, 5) is 0. The van der Waals surface area contributed by atoms with Crippen LogP contribution in [0, 0.1) is 5.41 Å². The maximum atomic E-state index is 5.65. The Labute approximate surface area is 108 Å². The molecule has 1 heterocycles. The number of rotatable bonds is 5. The van der Waals surface area contributed by atoms with Crippen molar-refractivity contribution in [3.05, 3.63) is 42.2 Å². The minimum atomic E-state index is 0.527. The van der Waals surface area contributed by atoms with E-state index in [1.165, 1.54) is 29.1 Å². The molecule has 0 spiro atoms. The molecule has 0 amide bonds. The van der Waals surface area contributed by atoms with Crippen molar-refractivity contribution in [3.63, 3.8) is 0 Å². The van der Waals surface area contributed by atoms with E-state index in [1.807, 2.05) is 24.1 Å². The standard InChI is InChI=1S/C15H20OS/c1-13(14-6-4-3-5-7-14)10-16-9-8-15(2)11-17-12-15/h3-7,10H,8-9,11-12H2,1-2H3/b13-10-. The molecule has 92 valence electrons. The Kier molecular flexibility index (Phi) is 4.16. The van der Waals surface area contributed by atoms with E-state index in [0.29, 0.717) is 5.41 Å². The molecule has 0 unspecified atom stereocenters. The van der Waals surface area contributed by atoms with Crippen LogP contribution in [0.3, 0.4) is 0 Å². The van der Waals surface area contributed by atoms with Gasteiger partial charge in [-0.25, -0.2) is 0 Å². The van der Waals surface area contributed by atoms with Crippen LogP contribution in [0.4, 0.5) is 0 Å². The highest BCUT2D eigenvalue weighted by atomic mass is 32.2. The first-order valence-electron chi connectivity index (χ1n) is 6.11. The van der Waals surface area contributed by atoms with Crippen LogP contribution in [0.15, 0.2) is 36.6 Å². The third kappa shape index (κ3) is 3.53. The number of hydrogen-bond donors (Lipinski definition) is 0. The molecule has 17 heavy (non-hydrogen) atoms. The van der Waals surface area contributed by atoms with E-state index in [-0.39, 0.29) is 0 Å². The fraction of sp³-hybridized carbons (Fsp3) is 0.467. The SMILES string of the molecule is C/C(=C/OCCC1(C)CSC1)c1ccccc1. The summed E-state index contributed by atoms with van der Waals surface area (Å²) in [5.74, 6) is 2.58. The van der Waals surface area contributed by atoms with Crippen LogP contribution >= 0.6 is 11.8 Å². The highest BCUT2D eigenvalue weighted by Crippen LogP contribution is 2.40. The topological polar surface area (TPSA) is 9.23 Å². The lowest BCUT2D eigenvalue weighted by Crippen LogP contribution is -2.33. The highest BCUT2D eigenvalue weighted by Gasteiger charge is 2.31. The monoisotopic (exact) mass is 248 g/mol. The van der Waals surface area contributed by atoms with Gasteiger partial charge in [0, 0.05) is 0 Å². The van der Waals surface area contributed by atoms with Gasteiger partial charge in [0.25, 0.3) is 0 Å². The fourth-order valence-corrected chi connectivity index (χ4v) is 3.04. The molecule has 1 aromatic rings. The van der Waals surface area contributed by atoms with Crippen molar-refractivity contribution in [2.45, 2.75) is 20.3 Å². The molecule has 0 saturated carbocycles. The van der Waals surface area contributed by atoms with Crippen LogP contribution in [0.5, 0.6) is 0 Å². The Morgan fingerprint density at radius 3 is 2.65 bits per heavy atom. The van der Waals surface area contributed by atoms with Gasteiger partial charge in [0.05, 0.1) is 12.9 Å². The van der Waals surface area contributed by atoms with E-state index in [4.69, 9.17) is 4.74 Å². The Morgan fingerprint density at radius 2 is 2.06 bits per heavy atom. The van der Waals surface area contributed by atoms with E-state index in [0.717, 1.165) is 6.61 Å². The first kappa shape index (κ1) is 12.6. The highest BCUT2D eigenvalue weighted by molar-refractivity contribution is 8.00. The number of benzene rings is 1. The molecule has 0 radical (unpaired) electrons. The lowest BCUT2D eigenvalue weighted by Gasteiger charge is -2.37. The van der Waals surface area contributed by atoms with Gasteiger partial charge < -0.3 is 4.74 Å². The predicted molar refractivity (Wildman–Crippen MR) is 76.1 cm³/mol. The van der Waals surface area contributed by atoms with Crippen LogP contribution in [0.25, 0.3) is 5.57 Å². The minimum absolute atomic E-state index is 0.527. The van der Waals surface area contributed by atoms with Gasteiger partial charge in [0.15, 0.2) is 0 Å². The van der Waals surface area contributed by atoms with Crippen molar-refractivity contribution in [3.8, 4) is 0 Å². The summed E-state index contributed by atoms with van der Waals surface area (Å²) in [5.41, 5.74) is 2.95. The number of thioether (sulfide) groups is 1. The molecule has 0 aromatic heterocycles. The number of allylic oxidation sites excluding steroid dienone is 1. The van der Waals surface area contributed by atoms with E-state index >= 15 is 0 Å². The third-order valence-corrected chi connectivity index (χ3v) is 5.02. The molecule has 1 nitrogen and oxygen atoms in total. The second kappa shape index (κ2) is 5.63. The van der Waals surface area contributed by atoms with Gasteiger partial charge >= 0.3 is 0 Å². The van der Waals surface area contributed by atoms with E-state index in [1.54, 1.807) is 0 Å². The average molecular weight is 248 g/mol. The third-order valence-electron chi connectivity index (χ3n) is 3.21. The normalized spacial score (nSPS) is 18.6. The molecule has 1 aromatic carbocycles. The van der Waals surface area contributed by atoms with Crippen LogP contribution < -0.4 is 0 Å². The van der Waals surface area contributed by atoms with Crippen LogP contribution in [0.2, 0.25) is 0 Å². The molecule has 2 rings (SSSR count). The Morgan fingerprint density at radius 1 is 1.35 bits per heavy atom. The quantitative estimate of drug-likeness (QED) is 0.570. The summed E-state index contributed by atoms with van der Waals surface area (Å²) in [7, 11) is 0. The van der Waals surface area contributed by atoms with Crippen LogP contribution in [0.1, 0.15) is 25.8 Å². The van der Waals surface area contributed by atoms with E-state index in [2.05, 4.69) is 38.1 Å². The van der Waals surface area contributed by atoms with Gasteiger partial charge in [-0.05, 0) is 41.4 Å². The molecular formula is C15H20OS. The maximum absolute atomic E-state index is 5.65. The van der Waals surface area contributed by atoms with Crippen molar-refractivity contribution in [2.24, 2.45) is 5.41 Å². The first-order valence-corrected chi connectivity index (χ1v) is 7.27. The largest absolute Gasteiger partial charge is 0.501 e. The van der Waals surface area contributed by atoms with E-state index < -0.39 is 0 Å². The Hall–Kier alpha value is -0.890. The zero-order valence-electron chi connectivity index (χ0n) is 10.6. The molecule has 1 aliphatic rings. The number of hydrogen-bond acceptors (Lipinski definition) is 2. The van der Waals surface area contributed by atoms with Gasteiger partial charge in [-0.15, -0.1) is 0 Å². The van der Waals surface area contributed by atoms with Crippen molar-refractivity contribution in [1.29, 1.82) is 0 Å². The molecule has 1 fully saturated rings. The predicted octanol–water partition coefficient (Wildman–Crippen LogP) is 4.21. The molecule has 0 N–H and O–H groups in total. The first-order chi connectivity index (χ1) is 8.20. The smallest absolute Gasteiger partial charge is 0.0879 e. The summed E-state index contributed by atoms with van der Waals surface area (Å²) in [5, 5.41) is 0. The molecule has 0 aliphatic carbocycles. The lowest BCUT2D eigenvalue weighted by atomic mass is 9.91. The van der Waals surface area contributed by atoms with Gasteiger partial charge in [0.2, 0.25) is 0 Å².